The molecular formula is C21H24F3N3OS. The Balaban J connectivity index is 1.84. The number of thiophene rings is 1. The van der Waals surface area contributed by atoms with Gasteiger partial charge in [-0.1, -0.05) is 6.07 Å². The van der Waals surface area contributed by atoms with E-state index in [1.807, 2.05) is 30.9 Å². The molecule has 0 bridgehead atoms. The molecule has 156 valence electrons. The molecule has 29 heavy (non-hydrogen) atoms. The molecule has 0 aromatic carbocycles. The van der Waals surface area contributed by atoms with E-state index in [1.165, 1.54) is 11.3 Å². The van der Waals surface area contributed by atoms with E-state index < -0.39 is 23.2 Å². The normalized spacial score (nSPS) is 21.8. The monoisotopic (exact) mass is 423 g/mol. The third-order valence-corrected chi connectivity index (χ3v) is 7.05. The molecule has 0 aliphatic carbocycles. The third-order valence-electron chi connectivity index (χ3n) is 6.00. The van der Waals surface area contributed by atoms with Crippen LogP contribution in [0.4, 0.5) is 13.2 Å². The summed E-state index contributed by atoms with van der Waals surface area (Å²) in [4.78, 5) is 7.77. The lowest BCUT2D eigenvalue weighted by Gasteiger charge is -2.39. The third kappa shape index (κ3) is 4.47. The average Bonchev–Trinajstić information content (AvgIpc) is 3.34. The van der Waals surface area contributed by atoms with E-state index in [0.29, 0.717) is 17.8 Å². The summed E-state index contributed by atoms with van der Waals surface area (Å²) in [5, 5.41) is 19.3. The Morgan fingerprint density at radius 2 is 2.07 bits per heavy atom. The summed E-state index contributed by atoms with van der Waals surface area (Å²) in [6.07, 6.45) is -4.55. The summed E-state index contributed by atoms with van der Waals surface area (Å²) in [7, 11) is 0. The number of hydrogen-bond acceptors (Lipinski definition) is 5. The van der Waals surface area contributed by atoms with Crippen LogP contribution in [0.1, 0.15) is 42.1 Å². The van der Waals surface area contributed by atoms with Gasteiger partial charge < -0.3 is 5.11 Å². The van der Waals surface area contributed by atoms with Gasteiger partial charge in [-0.25, -0.2) is 0 Å². The molecule has 1 saturated heterocycles. The lowest BCUT2D eigenvalue weighted by atomic mass is 9.76. The van der Waals surface area contributed by atoms with Crippen molar-refractivity contribution in [3.8, 4) is 6.07 Å². The number of aryl methyl sites for hydroxylation is 1. The van der Waals surface area contributed by atoms with Gasteiger partial charge in [0.15, 0.2) is 6.10 Å². The highest BCUT2D eigenvalue weighted by Crippen LogP contribution is 2.47. The van der Waals surface area contributed by atoms with Crippen LogP contribution in [0.3, 0.4) is 0 Å². The first-order valence-electron chi connectivity index (χ1n) is 9.49. The van der Waals surface area contributed by atoms with E-state index in [-0.39, 0.29) is 19.4 Å². The van der Waals surface area contributed by atoms with Crippen molar-refractivity contribution in [2.75, 3.05) is 13.1 Å². The molecule has 3 rings (SSSR count). The predicted octanol–water partition coefficient (Wildman–Crippen LogP) is 4.50. The summed E-state index contributed by atoms with van der Waals surface area (Å²) >= 11 is 1.29. The fourth-order valence-corrected chi connectivity index (χ4v) is 4.92. The summed E-state index contributed by atoms with van der Waals surface area (Å²) in [6, 6.07) is 11.0. The molecule has 0 radical (unpaired) electrons. The summed E-state index contributed by atoms with van der Waals surface area (Å²) in [5.74, 6) is 0. The van der Waals surface area contributed by atoms with E-state index in [1.54, 1.807) is 24.4 Å². The Hall–Kier alpha value is -1.95. The topological polar surface area (TPSA) is 60.2 Å². The molecule has 1 unspecified atom stereocenters. The predicted molar refractivity (Wildman–Crippen MR) is 105 cm³/mol. The van der Waals surface area contributed by atoms with Crippen LogP contribution in [0.25, 0.3) is 0 Å². The maximum atomic E-state index is 13.6. The molecule has 2 atom stereocenters. The van der Waals surface area contributed by atoms with Crippen molar-refractivity contribution in [3.05, 3.63) is 52.0 Å². The van der Waals surface area contributed by atoms with Crippen LogP contribution in [0.5, 0.6) is 0 Å². The highest BCUT2D eigenvalue weighted by Gasteiger charge is 2.56. The van der Waals surface area contributed by atoms with Crippen molar-refractivity contribution < 1.29 is 18.3 Å². The number of halogens is 3. The minimum Gasteiger partial charge on any atom is -0.383 e. The number of likely N-dealkylation sites (tertiary alicyclic amines) is 1. The number of aliphatic hydroxyl groups excluding tert-OH is 1. The fourth-order valence-electron chi connectivity index (χ4n) is 4.12. The maximum Gasteiger partial charge on any atom is 0.414 e. The van der Waals surface area contributed by atoms with E-state index in [4.69, 9.17) is 5.26 Å². The van der Waals surface area contributed by atoms with Crippen LogP contribution >= 0.6 is 11.3 Å². The Morgan fingerprint density at radius 3 is 2.66 bits per heavy atom. The quantitative estimate of drug-likeness (QED) is 0.743. The van der Waals surface area contributed by atoms with Crippen LogP contribution in [0, 0.1) is 16.7 Å². The van der Waals surface area contributed by atoms with Gasteiger partial charge in [-0.2, -0.15) is 18.4 Å². The Morgan fingerprint density at radius 1 is 1.31 bits per heavy atom. The number of rotatable bonds is 6. The van der Waals surface area contributed by atoms with Gasteiger partial charge in [0.1, 0.15) is 10.9 Å². The van der Waals surface area contributed by atoms with Crippen LogP contribution in [0.2, 0.25) is 0 Å². The zero-order valence-corrected chi connectivity index (χ0v) is 17.2. The second-order valence-corrected chi connectivity index (χ2v) is 9.30. The van der Waals surface area contributed by atoms with Gasteiger partial charge in [0.2, 0.25) is 0 Å². The highest BCUT2D eigenvalue weighted by molar-refractivity contribution is 7.12. The van der Waals surface area contributed by atoms with Crippen LogP contribution in [0.15, 0.2) is 36.5 Å². The Labute approximate surface area is 172 Å². The zero-order valence-electron chi connectivity index (χ0n) is 16.4. The standard InChI is InChI=1S/C21H24F3N3OS/c1-19(2,17-5-3-4-11-26-17)27-12-10-20(14-27,18(28)21(22,23)24)9-8-15-6-7-16(13-25)29-15/h3-7,11,18,28H,8-10,12,14H2,1-2H3/t18?,20-/m1/s1. The summed E-state index contributed by atoms with van der Waals surface area (Å²) in [6.45, 7) is 4.48. The second kappa shape index (κ2) is 8.05. The molecule has 4 nitrogen and oxygen atoms in total. The first kappa shape index (κ1) is 21.8. The molecule has 1 fully saturated rings. The number of nitrogens with zero attached hydrogens (tertiary/aromatic N) is 3. The molecule has 0 amide bonds. The van der Waals surface area contributed by atoms with E-state index in [2.05, 4.69) is 11.1 Å². The number of aliphatic hydroxyl groups is 1. The fraction of sp³-hybridized carbons (Fsp3) is 0.524. The van der Waals surface area contributed by atoms with Gasteiger partial charge in [-0.15, -0.1) is 11.3 Å². The number of nitriles is 1. The summed E-state index contributed by atoms with van der Waals surface area (Å²) < 4.78 is 40.7. The zero-order chi connectivity index (χ0) is 21.3. The van der Waals surface area contributed by atoms with Crippen molar-refractivity contribution in [2.45, 2.75) is 50.9 Å². The minimum atomic E-state index is -4.68. The van der Waals surface area contributed by atoms with Gasteiger partial charge in [-0.3, -0.25) is 9.88 Å². The van der Waals surface area contributed by atoms with Gasteiger partial charge in [0.05, 0.1) is 11.2 Å². The molecule has 1 aliphatic rings. The SMILES string of the molecule is CC(C)(c1ccccn1)N1CC[C@@](CCc2ccc(C#N)s2)(C(O)C(F)(F)F)C1. The molecule has 0 saturated carbocycles. The highest BCUT2D eigenvalue weighted by atomic mass is 32.1. The number of pyridine rings is 1. The molecule has 2 aromatic rings. The van der Waals surface area contributed by atoms with Crippen molar-refractivity contribution in [3.63, 3.8) is 0 Å². The van der Waals surface area contributed by atoms with Gasteiger partial charge in [0, 0.05) is 23.0 Å². The first-order valence-corrected chi connectivity index (χ1v) is 10.3. The molecular weight excluding hydrogens is 399 g/mol. The minimum absolute atomic E-state index is 0.133. The Bertz CT molecular complexity index is 875. The summed E-state index contributed by atoms with van der Waals surface area (Å²) in [5.41, 5.74) is -1.05. The maximum absolute atomic E-state index is 13.6. The van der Waals surface area contributed by atoms with Crippen LogP contribution in [-0.2, 0) is 12.0 Å². The van der Waals surface area contributed by atoms with E-state index >= 15 is 0 Å². The smallest absolute Gasteiger partial charge is 0.383 e. The van der Waals surface area contributed by atoms with Crippen LogP contribution < -0.4 is 0 Å². The molecule has 2 aromatic heterocycles. The number of aromatic nitrogens is 1. The molecule has 0 spiro atoms. The van der Waals surface area contributed by atoms with E-state index in [9.17, 15) is 18.3 Å². The molecule has 3 heterocycles. The van der Waals surface area contributed by atoms with Gasteiger partial charge in [0.25, 0.3) is 0 Å². The van der Waals surface area contributed by atoms with Crippen molar-refractivity contribution in [1.29, 1.82) is 5.26 Å². The lowest BCUT2D eigenvalue weighted by molar-refractivity contribution is -0.239. The molecule has 8 heteroatoms. The largest absolute Gasteiger partial charge is 0.414 e. The average molecular weight is 424 g/mol. The molecule has 1 aliphatic heterocycles. The molecule has 1 N–H and O–H groups in total. The number of alkyl halides is 3. The first-order chi connectivity index (χ1) is 13.6. The Kier molecular flexibility index (Phi) is 6.04. The van der Waals surface area contributed by atoms with Gasteiger partial charge in [-0.05, 0) is 63.9 Å². The lowest BCUT2D eigenvalue weighted by Crippen LogP contribution is -2.49. The van der Waals surface area contributed by atoms with Gasteiger partial charge >= 0.3 is 6.18 Å². The van der Waals surface area contributed by atoms with E-state index in [0.717, 1.165) is 10.6 Å². The van der Waals surface area contributed by atoms with Crippen molar-refractivity contribution in [2.24, 2.45) is 5.41 Å². The second-order valence-electron chi connectivity index (χ2n) is 8.13. The van der Waals surface area contributed by atoms with Crippen LogP contribution in [-0.4, -0.2) is 40.4 Å². The van der Waals surface area contributed by atoms with Crippen molar-refractivity contribution in [1.82, 2.24) is 9.88 Å². The van der Waals surface area contributed by atoms with Crippen molar-refractivity contribution >= 4 is 11.3 Å². The number of hydrogen-bond donors (Lipinski definition) is 1.